The minimum Gasteiger partial charge on any atom is -0.317 e. The van der Waals surface area contributed by atoms with E-state index in [9.17, 15) is 19.7 Å². The normalized spacial score (nSPS) is 14.5. The molecule has 172 valence electrons. The van der Waals surface area contributed by atoms with Crippen molar-refractivity contribution in [3.05, 3.63) is 91.6 Å². The Bertz CT molecular complexity index is 1370. The summed E-state index contributed by atoms with van der Waals surface area (Å²) in [5.41, 5.74) is 3.89. The molecule has 1 aromatic heterocycles. The molecule has 0 spiro atoms. The second-order valence-corrected chi connectivity index (χ2v) is 9.28. The van der Waals surface area contributed by atoms with Gasteiger partial charge >= 0.3 is 6.03 Å². The van der Waals surface area contributed by atoms with E-state index in [1.165, 1.54) is 24.3 Å². The van der Waals surface area contributed by atoms with Gasteiger partial charge in [-0.05, 0) is 54.7 Å². The molecule has 3 aromatic rings. The Kier molecular flexibility index (Phi) is 6.89. The second-order valence-electron chi connectivity index (χ2n) is 6.79. The van der Waals surface area contributed by atoms with Gasteiger partial charge in [0.05, 0.1) is 25.6 Å². The molecule has 4 rings (SSSR count). The number of nitrogens with one attached hydrogen (secondary N) is 2. The summed E-state index contributed by atoms with van der Waals surface area (Å²) in [5, 5.41) is 15.2. The SMILES string of the molecule is O=C(Nc1ccc(Cl)c(Cl)c1)NN1C(=O)/C(=C/c2cccn2-c2cccc([N+](=O)[O-])c2)SC1=S. The molecule has 0 aliphatic carbocycles. The maximum absolute atomic E-state index is 12.9. The zero-order valence-corrected chi connectivity index (χ0v) is 20.0. The third-order valence-electron chi connectivity index (χ3n) is 4.56. The highest BCUT2D eigenvalue weighted by molar-refractivity contribution is 8.26. The largest absolute Gasteiger partial charge is 0.338 e. The molecule has 0 saturated carbocycles. The summed E-state index contributed by atoms with van der Waals surface area (Å²) >= 11 is 18.1. The first-order valence-electron chi connectivity index (χ1n) is 9.46. The van der Waals surface area contributed by atoms with Crippen molar-refractivity contribution in [1.29, 1.82) is 0 Å². The smallest absolute Gasteiger partial charge is 0.317 e. The van der Waals surface area contributed by atoms with Gasteiger partial charge in [0, 0.05) is 29.7 Å². The Morgan fingerprint density at radius 3 is 2.65 bits per heavy atom. The number of nitro groups is 1. The van der Waals surface area contributed by atoms with Gasteiger partial charge in [0.2, 0.25) is 0 Å². The Morgan fingerprint density at radius 1 is 1.12 bits per heavy atom. The van der Waals surface area contributed by atoms with Crippen LogP contribution in [0.1, 0.15) is 5.69 Å². The van der Waals surface area contributed by atoms with Gasteiger partial charge in [0.15, 0.2) is 4.32 Å². The van der Waals surface area contributed by atoms with E-state index in [-0.39, 0.29) is 19.9 Å². The standard InChI is InChI=1S/C21H13Cl2N5O4S2/c22-16-7-6-12(9-17(16)23)24-20(30)25-27-19(29)18(34-21(27)33)11-14-5-2-8-26(14)13-3-1-4-15(10-13)28(31)32/h1-11H,(H2,24,25,30)/b18-11-. The Hall–Kier alpha value is -3.38. The summed E-state index contributed by atoms with van der Waals surface area (Å²) in [5.74, 6) is -0.522. The number of amides is 3. The summed E-state index contributed by atoms with van der Waals surface area (Å²) in [7, 11) is 0. The minimum atomic E-state index is -0.698. The zero-order valence-electron chi connectivity index (χ0n) is 16.9. The van der Waals surface area contributed by atoms with E-state index in [1.807, 2.05) is 0 Å². The van der Waals surface area contributed by atoms with Crippen LogP contribution in [0.5, 0.6) is 0 Å². The predicted octanol–water partition coefficient (Wildman–Crippen LogP) is 5.63. The molecular weight excluding hydrogens is 521 g/mol. The fourth-order valence-corrected chi connectivity index (χ4v) is 4.50. The molecule has 3 amide bonds. The van der Waals surface area contributed by atoms with E-state index in [4.69, 9.17) is 35.4 Å². The molecule has 0 atom stereocenters. The number of non-ortho nitro benzene ring substituents is 1. The molecular formula is C21H13Cl2N5O4S2. The molecule has 0 unspecified atom stereocenters. The van der Waals surface area contributed by atoms with E-state index in [1.54, 1.807) is 47.2 Å². The van der Waals surface area contributed by atoms with Crippen molar-refractivity contribution in [3.8, 4) is 5.69 Å². The van der Waals surface area contributed by atoms with Crippen LogP contribution in [-0.4, -0.2) is 30.8 Å². The number of thiocarbonyl (C=S) groups is 1. The van der Waals surface area contributed by atoms with Crippen LogP contribution in [0.3, 0.4) is 0 Å². The average Bonchev–Trinajstić information content (AvgIpc) is 3.36. The van der Waals surface area contributed by atoms with Crippen LogP contribution in [0.2, 0.25) is 10.0 Å². The number of urea groups is 1. The molecule has 13 heteroatoms. The van der Waals surface area contributed by atoms with Crippen LogP contribution in [0.15, 0.2) is 65.7 Å². The van der Waals surface area contributed by atoms with Crippen molar-refractivity contribution in [2.24, 2.45) is 0 Å². The molecule has 1 aliphatic heterocycles. The highest BCUT2D eigenvalue weighted by Crippen LogP contribution is 2.32. The monoisotopic (exact) mass is 533 g/mol. The fourth-order valence-electron chi connectivity index (χ4n) is 3.04. The van der Waals surface area contributed by atoms with Gasteiger partial charge in [-0.15, -0.1) is 0 Å². The second kappa shape index (κ2) is 9.85. The average molecular weight is 534 g/mol. The molecule has 34 heavy (non-hydrogen) atoms. The molecule has 0 radical (unpaired) electrons. The first kappa shape index (κ1) is 23.8. The first-order chi connectivity index (χ1) is 16.2. The van der Waals surface area contributed by atoms with E-state index in [2.05, 4.69) is 10.7 Å². The zero-order chi connectivity index (χ0) is 24.4. The van der Waals surface area contributed by atoms with Crippen molar-refractivity contribution < 1.29 is 14.5 Å². The molecule has 1 aliphatic rings. The summed E-state index contributed by atoms with van der Waals surface area (Å²) in [6.45, 7) is 0. The Labute approximate surface area is 212 Å². The quantitative estimate of drug-likeness (QED) is 0.190. The van der Waals surface area contributed by atoms with Crippen LogP contribution in [0.25, 0.3) is 11.8 Å². The van der Waals surface area contributed by atoms with Gasteiger partial charge in [-0.2, -0.15) is 5.01 Å². The lowest BCUT2D eigenvalue weighted by Crippen LogP contribution is -2.46. The lowest BCUT2D eigenvalue weighted by molar-refractivity contribution is -0.384. The number of hydrogen-bond donors (Lipinski definition) is 2. The first-order valence-corrected chi connectivity index (χ1v) is 11.4. The summed E-state index contributed by atoms with van der Waals surface area (Å²) in [6, 6.07) is 13.5. The number of nitro benzene ring substituents is 1. The molecule has 9 nitrogen and oxygen atoms in total. The van der Waals surface area contributed by atoms with Crippen LogP contribution in [0.4, 0.5) is 16.2 Å². The van der Waals surface area contributed by atoms with Crippen LogP contribution in [-0.2, 0) is 4.79 Å². The molecule has 0 bridgehead atoms. The van der Waals surface area contributed by atoms with Gasteiger partial charge in [-0.1, -0.05) is 41.0 Å². The van der Waals surface area contributed by atoms with Crippen molar-refractivity contribution >= 4 is 80.9 Å². The Balaban J connectivity index is 1.51. The van der Waals surface area contributed by atoms with E-state index in [0.29, 0.717) is 22.1 Å². The van der Waals surface area contributed by atoms with Crippen LogP contribution in [0, 0.1) is 10.1 Å². The Morgan fingerprint density at radius 2 is 1.91 bits per heavy atom. The van der Waals surface area contributed by atoms with Gasteiger partial charge < -0.3 is 9.88 Å². The predicted molar refractivity (Wildman–Crippen MR) is 136 cm³/mol. The number of carbonyl (C=O) groups is 2. The number of hydrogen-bond acceptors (Lipinski definition) is 6. The van der Waals surface area contributed by atoms with E-state index >= 15 is 0 Å². The lowest BCUT2D eigenvalue weighted by atomic mass is 10.2. The van der Waals surface area contributed by atoms with E-state index < -0.39 is 16.9 Å². The van der Waals surface area contributed by atoms with Crippen molar-refractivity contribution in [3.63, 3.8) is 0 Å². The number of benzene rings is 2. The number of hydrazine groups is 1. The molecule has 1 fully saturated rings. The number of rotatable bonds is 5. The van der Waals surface area contributed by atoms with Gasteiger partial charge in [0.1, 0.15) is 0 Å². The maximum atomic E-state index is 12.9. The molecule has 1 saturated heterocycles. The van der Waals surface area contributed by atoms with Gasteiger partial charge in [-0.3, -0.25) is 14.9 Å². The minimum absolute atomic E-state index is 0.0549. The maximum Gasteiger partial charge on any atom is 0.338 e. The third-order valence-corrected chi connectivity index (χ3v) is 6.60. The summed E-state index contributed by atoms with van der Waals surface area (Å²) in [6.07, 6.45) is 3.31. The third kappa shape index (κ3) is 5.07. The van der Waals surface area contributed by atoms with Gasteiger partial charge in [-0.25, -0.2) is 10.2 Å². The number of nitrogens with zero attached hydrogens (tertiary/aromatic N) is 3. The fraction of sp³-hybridized carbons (Fsp3) is 0. The van der Waals surface area contributed by atoms with E-state index in [0.717, 1.165) is 16.8 Å². The van der Waals surface area contributed by atoms with Crippen molar-refractivity contribution in [2.45, 2.75) is 0 Å². The number of anilines is 1. The summed E-state index contributed by atoms with van der Waals surface area (Å²) < 4.78 is 1.83. The number of halogens is 2. The van der Waals surface area contributed by atoms with Crippen molar-refractivity contribution in [2.75, 3.05) is 5.32 Å². The topological polar surface area (TPSA) is 110 Å². The van der Waals surface area contributed by atoms with Crippen LogP contribution >= 0.6 is 47.2 Å². The molecule has 2 aromatic carbocycles. The summed E-state index contributed by atoms with van der Waals surface area (Å²) in [4.78, 5) is 36.1. The number of carbonyl (C=O) groups excluding carboxylic acids is 2. The molecule has 2 N–H and O–H groups in total. The van der Waals surface area contributed by atoms with Crippen LogP contribution < -0.4 is 10.7 Å². The molecule has 2 heterocycles. The lowest BCUT2D eigenvalue weighted by Gasteiger charge is -2.16. The number of aromatic nitrogens is 1. The number of thioether (sulfide) groups is 1. The highest BCUT2D eigenvalue weighted by Gasteiger charge is 2.34. The van der Waals surface area contributed by atoms with Crippen molar-refractivity contribution in [1.82, 2.24) is 15.0 Å². The van der Waals surface area contributed by atoms with Gasteiger partial charge in [0.25, 0.3) is 11.6 Å². The highest BCUT2D eigenvalue weighted by atomic mass is 35.5.